The second kappa shape index (κ2) is 11.1. The summed E-state index contributed by atoms with van der Waals surface area (Å²) in [6.07, 6.45) is 10.2. The fourth-order valence-corrected chi connectivity index (χ4v) is 4.69. The molecule has 0 radical (unpaired) electrons. The van der Waals surface area contributed by atoms with Gasteiger partial charge in [-0.2, -0.15) is 0 Å². The minimum Gasteiger partial charge on any atom is -0.323 e. The van der Waals surface area contributed by atoms with Crippen LogP contribution in [0.15, 0.2) is 55.1 Å². The van der Waals surface area contributed by atoms with Crippen LogP contribution in [0.4, 0.5) is 10.1 Å². The van der Waals surface area contributed by atoms with E-state index in [4.69, 9.17) is 0 Å². The van der Waals surface area contributed by atoms with Crippen LogP contribution in [0.2, 0.25) is 0 Å². The lowest BCUT2D eigenvalue weighted by Gasteiger charge is -2.29. The number of hydrogen-bond donors (Lipinski definition) is 1. The maximum absolute atomic E-state index is 12.3. The van der Waals surface area contributed by atoms with Gasteiger partial charge in [0.1, 0.15) is 0 Å². The molecular formula is C27H34FNO. The lowest BCUT2D eigenvalue weighted by Crippen LogP contribution is -2.13. The Morgan fingerprint density at radius 2 is 1.83 bits per heavy atom. The van der Waals surface area contributed by atoms with Crippen LogP contribution < -0.4 is 5.32 Å². The molecule has 2 nitrogen and oxygen atoms in total. The molecule has 1 amide bonds. The molecule has 2 aromatic rings. The van der Waals surface area contributed by atoms with Crippen LogP contribution in [0.3, 0.4) is 0 Å². The van der Waals surface area contributed by atoms with Crippen molar-refractivity contribution in [3.05, 3.63) is 66.2 Å². The van der Waals surface area contributed by atoms with E-state index >= 15 is 0 Å². The summed E-state index contributed by atoms with van der Waals surface area (Å²) in [7, 11) is 0. The van der Waals surface area contributed by atoms with E-state index in [1.807, 2.05) is 6.07 Å². The monoisotopic (exact) mass is 407 g/mol. The van der Waals surface area contributed by atoms with Gasteiger partial charge in [0.15, 0.2) is 0 Å². The number of benzene rings is 2. The first-order chi connectivity index (χ1) is 14.6. The largest absolute Gasteiger partial charge is 0.323 e. The van der Waals surface area contributed by atoms with E-state index in [1.165, 1.54) is 60.4 Å². The molecular weight excluding hydrogens is 373 g/mol. The van der Waals surface area contributed by atoms with Crippen molar-refractivity contribution in [2.45, 2.75) is 64.2 Å². The van der Waals surface area contributed by atoms with Crippen molar-refractivity contribution < 1.29 is 9.18 Å². The van der Waals surface area contributed by atoms with E-state index in [1.54, 1.807) is 0 Å². The van der Waals surface area contributed by atoms with Crippen molar-refractivity contribution in [2.24, 2.45) is 5.92 Å². The van der Waals surface area contributed by atoms with Gasteiger partial charge in [-0.25, -0.2) is 0 Å². The number of alkyl halides is 1. The summed E-state index contributed by atoms with van der Waals surface area (Å²) >= 11 is 0. The van der Waals surface area contributed by atoms with Crippen molar-refractivity contribution in [3.63, 3.8) is 0 Å². The van der Waals surface area contributed by atoms with Crippen LogP contribution >= 0.6 is 0 Å². The van der Waals surface area contributed by atoms with E-state index < -0.39 is 0 Å². The molecule has 0 heterocycles. The van der Waals surface area contributed by atoms with E-state index in [-0.39, 0.29) is 12.6 Å². The summed E-state index contributed by atoms with van der Waals surface area (Å²) in [5.74, 6) is 1.25. The number of rotatable bonds is 9. The second-order valence-electron chi connectivity index (χ2n) is 8.44. The zero-order chi connectivity index (χ0) is 21.3. The van der Waals surface area contributed by atoms with E-state index in [9.17, 15) is 9.18 Å². The van der Waals surface area contributed by atoms with E-state index in [0.717, 1.165) is 30.9 Å². The number of amides is 1. The first-order valence-electron chi connectivity index (χ1n) is 11.4. The Morgan fingerprint density at radius 1 is 1.10 bits per heavy atom. The number of carbonyl (C=O) groups excluding carboxylic acids is 1. The van der Waals surface area contributed by atoms with Gasteiger partial charge in [-0.3, -0.25) is 9.18 Å². The Kier molecular flexibility index (Phi) is 8.24. The number of unbranched alkanes of at least 4 members (excludes halogenated alkanes) is 1. The van der Waals surface area contributed by atoms with E-state index in [0.29, 0.717) is 5.92 Å². The number of halogens is 1. The lowest BCUT2D eigenvalue weighted by atomic mass is 9.77. The SMILES string of the molecule is C=CC(=O)Nc1ccc(-c2ccc(C3CCC(CCCCF)CC3)cc2)c(CC)c1. The number of nitrogens with one attached hydrogen (secondary N) is 1. The van der Waals surface area contributed by atoms with Gasteiger partial charge in [0, 0.05) is 5.69 Å². The molecule has 0 aromatic heterocycles. The quantitative estimate of drug-likeness (QED) is 0.339. The summed E-state index contributed by atoms with van der Waals surface area (Å²) in [5, 5.41) is 2.84. The van der Waals surface area contributed by atoms with Crippen LogP contribution in [0, 0.1) is 5.92 Å². The number of carbonyl (C=O) groups is 1. The minimum absolute atomic E-state index is 0.173. The highest BCUT2D eigenvalue weighted by Crippen LogP contribution is 2.38. The maximum Gasteiger partial charge on any atom is 0.247 e. The summed E-state index contributed by atoms with van der Waals surface area (Å²) in [5.41, 5.74) is 5.90. The topological polar surface area (TPSA) is 29.1 Å². The predicted molar refractivity (Wildman–Crippen MR) is 125 cm³/mol. The van der Waals surface area contributed by atoms with Gasteiger partial charge in [0.2, 0.25) is 5.91 Å². The molecule has 0 unspecified atom stereocenters. The van der Waals surface area contributed by atoms with Gasteiger partial charge in [-0.1, -0.05) is 56.7 Å². The third kappa shape index (κ3) is 5.81. The van der Waals surface area contributed by atoms with Crippen LogP contribution in [-0.2, 0) is 11.2 Å². The summed E-state index contributed by atoms with van der Waals surface area (Å²) in [6, 6.07) is 15.1. The van der Waals surface area contributed by atoms with Gasteiger partial charge < -0.3 is 5.32 Å². The van der Waals surface area contributed by atoms with E-state index in [2.05, 4.69) is 55.2 Å². The molecule has 0 aliphatic heterocycles. The van der Waals surface area contributed by atoms with Crippen LogP contribution in [0.1, 0.15) is 68.9 Å². The highest BCUT2D eigenvalue weighted by atomic mass is 19.1. The van der Waals surface area contributed by atoms with Crippen molar-refractivity contribution in [1.29, 1.82) is 0 Å². The average Bonchev–Trinajstić information content (AvgIpc) is 2.79. The molecule has 0 spiro atoms. The standard InChI is InChI=1S/C27H34FNO/c1-3-21-19-25(29-27(30)4-2)16-17-26(21)24-14-12-23(13-15-24)22-10-8-20(9-11-22)7-5-6-18-28/h4,12-17,19-20,22H,2-3,5-11,18H2,1H3,(H,29,30). The van der Waals surface area contributed by atoms with Gasteiger partial charge in [0.05, 0.1) is 6.67 Å². The smallest absolute Gasteiger partial charge is 0.247 e. The highest BCUT2D eigenvalue weighted by Gasteiger charge is 2.22. The first kappa shape index (κ1) is 22.3. The predicted octanol–water partition coefficient (Wildman–Crippen LogP) is 7.45. The fraction of sp³-hybridized carbons (Fsp3) is 0.444. The Morgan fingerprint density at radius 3 is 2.47 bits per heavy atom. The zero-order valence-corrected chi connectivity index (χ0v) is 18.1. The number of hydrogen-bond acceptors (Lipinski definition) is 1. The van der Waals surface area contributed by atoms with Crippen molar-refractivity contribution in [2.75, 3.05) is 12.0 Å². The third-order valence-corrected chi connectivity index (χ3v) is 6.47. The molecule has 0 saturated heterocycles. The summed E-state index contributed by atoms with van der Waals surface area (Å²) in [6.45, 7) is 5.47. The van der Waals surface area contributed by atoms with Crippen LogP contribution in [0.25, 0.3) is 11.1 Å². The summed E-state index contributed by atoms with van der Waals surface area (Å²) in [4.78, 5) is 11.6. The Bertz CT molecular complexity index is 834. The normalized spacial score (nSPS) is 18.7. The molecule has 30 heavy (non-hydrogen) atoms. The molecule has 1 fully saturated rings. The second-order valence-corrected chi connectivity index (χ2v) is 8.44. The Labute approximate surface area is 180 Å². The molecule has 0 bridgehead atoms. The fourth-order valence-electron chi connectivity index (χ4n) is 4.69. The minimum atomic E-state index is -0.189. The maximum atomic E-state index is 12.3. The summed E-state index contributed by atoms with van der Waals surface area (Å²) < 4.78 is 12.3. The highest BCUT2D eigenvalue weighted by molar-refractivity contribution is 5.99. The Balaban J connectivity index is 1.64. The molecule has 1 saturated carbocycles. The van der Waals surface area contributed by atoms with Crippen LogP contribution in [0.5, 0.6) is 0 Å². The van der Waals surface area contributed by atoms with Gasteiger partial charge in [0.25, 0.3) is 0 Å². The molecule has 2 aromatic carbocycles. The Hall–Kier alpha value is -2.42. The van der Waals surface area contributed by atoms with Crippen molar-refractivity contribution in [1.82, 2.24) is 0 Å². The molecule has 0 atom stereocenters. The average molecular weight is 408 g/mol. The number of aryl methyl sites for hydroxylation is 1. The molecule has 1 N–H and O–H groups in total. The molecule has 1 aliphatic rings. The van der Waals surface area contributed by atoms with Gasteiger partial charge in [-0.15, -0.1) is 0 Å². The molecule has 3 heteroatoms. The third-order valence-electron chi connectivity index (χ3n) is 6.47. The molecule has 1 aliphatic carbocycles. The van der Waals surface area contributed by atoms with Crippen LogP contribution in [-0.4, -0.2) is 12.6 Å². The van der Waals surface area contributed by atoms with Crippen molar-refractivity contribution in [3.8, 4) is 11.1 Å². The molecule has 3 rings (SSSR count). The number of anilines is 1. The zero-order valence-electron chi connectivity index (χ0n) is 18.1. The lowest BCUT2D eigenvalue weighted by molar-refractivity contribution is -0.111. The first-order valence-corrected chi connectivity index (χ1v) is 11.4. The van der Waals surface area contributed by atoms with Crippen molar-refractivity contribution >= 4 is 11.6 Å². The molecule has 160 valence electrons. The van der Waals surface area contributed by atoms with Gasteiger partial charge in [-0.05, 0) is 90.8 Å². The van der Waals surface area contributed by atoms with Gasteiger partial charge >= 0.3 is 0 Å².